The number of nitrogens with zero attached hydrogens (tertiary/aromatic N) is 1. The Morgan fingerprint density at radius 2 is 2.05 bits per heavy atom. The van der Waals surface area contributed by atoms with E-state index in [4.69, 9.17) is 5.73 Å². The lowest BCUT2D eigenvalue weighted by Gasteiger charge is -2.17. The highest BCUT2D eigenvalue weighted by molar-refractivity contribution is 5.79. The van der Waals surface area contributed by atoms with Crippen LogP contribution in [0.4, 0.5) is 0 Å². The molecule has 0 bridgehead atoms. The number of aryl methyl sites for hydroxylation is 2. The lowest BCUT2D eigenvalue weighted by atomic mass is 9.99. The third-order valence-corrected chi connectivity index (χ3v) is 4.84. The van der Waals surface area contributed by atoms with Gasteiger partial charge in [0.05, 0.1) is 6.42 Å². The monoisotopic (exact) mass is 272 g/mol. The average molecular weight is 272 g/mol. The Morgan fingerprint density at radius 3 is 2.75 bits per heavy atom. The molecule has 108 valence electrons. The Balaban J connectivity index is 1.66. The Hall–Kier alpha value is -1.35. The summed E-state index contributed by atoms with van der Waals surface area (Å²) in [5, 5.41) is 0. The lowest BCUT2D eigenvalue weighted by molar-refractivity contribution is -0.129. The van der Waals surface area contributed by atoms with Crippen molar-refractivity contribution in [3.63, 3.8) is 0 Å². The number of nitrogens with two attached hydrogens (primary N) is 1. The van der Waals surface area contributed by atoms with Crippen molar-refractivity contribution in [1.82, 2.24) is 4.90 Å². The molecule has 1 saturated carbocycles. The summed E-state index contributed by atoms with van der Waals surface area (Å²) in [5.41, 5.74) is 9.77. The smallest absolute Gasteiger partial charge is 0.227 e. The first-order valence-electron chi connectivity index (χ1n) is 7.64. The zero-order chi connectivity index (χ0) is 14.3. The molecule has 1 aliphatic heterocycles. The normalized spacial score (nSPS) is 26.1. The molecule has 1 amide bonds. The largest absolute Gasteiger partial charge is 0.340 e. The van der Waals surface area contributed by atoms with Crippen LogP contribution in [0.2, 0.25) is 0 Å². The SMILES string of the molecule is Cc1ccc(C)c(CC(=O)N2CC(N)C(C3CC3)C2)c1. The maximum atomic E-state index is 12.5. The number of likely N-dealkylation sites (tertiary alicyclic amines) is 1. The van der Waals surface area contributed by atoms with E-state index in [0.29, 0.717) is 12.3 Å². The number of hydrogen-bond donors (Lipinski definition) is 1. The molecule has 1 aliphatic carbocycles. The van der Waals surface area contributed by atoms with Crippen molar-refractivity contribution in [1.29, 1.82) is 0 Å². The molecule has 3 nitrogen and oxygen atoms in total. The molecule has 0 radical (unpaired) electrons. The molecule has 2 unspecified atom stereocenters. The van der Waals surface area contributed by atoms with Crippen LogP contribution in [0, 0.1) is 25.7 Å². The van der Waals surface area contributed by atoms with Gasteiger partial charge in [0.2, 0.25) is 5.91 Å². The first-order valence-corrected chi connectivity index (χ1v) is 7.64. The van der Waals surface area contributed by atoms with Crippen LogP contribution in [0.1, 0.15) is 29.5 Å². The van der Waals surface area contributed by atoms with Crippen LogP contribution in [0.15, 0.2) is 18.2 Å². The summed E-state index contributed by atoms with van der Waals surface area (Å²) in [7, 11) is 0. The van der Waals surface area contributed by atoms with Crippen LogP contribution in [-0.4, -0.2) is 29.9 Å². The summed E-state index contributed by atoms with van der Waals surface area (Å²) in [6.45, 7) is 5.76. The Bertz CT molecular complexity index is 522. The van der Waals surface area contributed by atoms with Gasteiger partial charge in [-0.3, -0.25) is 4.79 Å². The van der Waals surface area contributed by atoms with E-state index in [0.717, 1.165) is 24.6 Å². The Morgan fingerprint density at radius 1 is 1.30 bits per heavy atom. The molecule has 3 rings (SSSR count). The lowest BCUT2D eigenvalue weighted by Crippen LogP contribution is -2.33. The molecule has 1 saturated heterocycles. The zero-order valence-electron chi connectivity index (χ0n) is 12.4. The minimum Gasteiger partial charge on any atom is -0.340 e. The van der Waals surface area contributed by atoms with Crippen molar-refractivity contribution in [3.05, 3.63) is 34.9 Å². The molecule has 2 aliphatic rings. The van der Waals surface area contributed by atoms with E-state index in [1.807, 2.05) is 4.90 Å². The molecule has 1 aromatic carbocycles. The molecule has 1 aromatic rings. The Labute approximate surface area is 121 Å². The molecule has 2 atom stereocenters. The maximum absolute atomic E-state index is 12.5. The van der Waals surface area contributed by atoms with Gasteiger partial charge in [0.15, 0.2) is 0 Å². The molecule has 2 fully saturated rings. The number of rotatable bonds is 3. The second kappa shape index (κ2) is 5.21. The van der Waals surface area contributed by atoms with Crippen molar-refractivity contribution < 1.29 is 4.79 Å². The third-order valence-electron chi connectivity index (χ3n) is 4.84. The van der Waals surface area contributed by atoms with E-state index in [9.17, 15) is 4.79 Å². The first kappa shape index (κ1) is 13.6. The highest BCUT2D eigenvalue weighted by Crippen LogP contribution is 2.40. The fraction of sp³-hybridized carbons (Fsp3) is 0.588. The predicted octanol–water partition coefficient (Wildman–Crippen LogP) is 2.04. The number of hydrogen-bond acceptors (Lipinski definition) is 2. The van der Waals surface area contributed by atoms with Crippen LogP contribution in [-0.2, 0) is 11.2 Å². The maximum Gasteiger partial charge on any atom is 0.227 e. The van der Waals surface area contributed by atoms with E-state index in [-0.39, 0.29) is 11.9 Å². The molecule has 3 heteroatoms. The number of benzene rings is 1. The van der Waals surface area contributed by atoms with Crippen molar-refractivity contribution in [2.45, 2.75) is 39.2 Å². The quantitative estimate of drug-likeness (QED) is 0.915. The van der Waals surface area contributed by atoms with Gasteiger partial charge in [0.25, 0.3) is 0 Å². The van der Waals surface area contributed by atoms with E-state index < -0.39 is 0 Å². The molecule has 1 heterocycles. The molecule has 20 heavy (non-hydrogen) atoms. The third kappa shape index (κ3) is 2.73. The summed E-state index contributed by atoms with van der Waals surface area (Å²) in [4.78, 5) is 14.5. The van der Waals surface area contributed by atoms with E-state index >= 15 is 0 Å². The number of amides is 1. The molecular formula is C17H24N2O. The molecule has 0 aromatic heterocycles. The topological polar surface area (TPSA) is 46.3 Å². The van der Waals surface area contributed by atoms with Crippen LogP contribution < -0.4 is 5.73 Å². The summed E-state index contributed by atoms with van der Waals surface area (Å²) in [6, 6.07) is 6.51. The number of carbonyl (C=O) groups is 1. The summed E-state index contributed by atoms with van der Waals surface area (Å²) >= 11 is 0. The van der Waals surface area contributed by atoms with Crippen molar-refractivity contribution >= 4 is 5.91 Å². The molecule has 2 N–H and O–H groups in total. The number of carbonyl (C=O) groups excluding carboxylic acids is 1. The van der Waals surface area contributed by atoms with Crippen molar-refractivity contribution in [2.24, 2.45) is 17.6 Å². The fourth-order valence-electron chi connectivity index (χ4n) is 3.35. The van der Waals surface area contributed by atoms with Gasteiger partial charge in [-0.05, 0) is 49.7 Å². The average Bonchev–Trinajstić information content (AvgIpc) is 3.17. The highest BCUT2D eigenvalue weighted by Gasteiger charge is 2.41. The van der Waals surface area contributed by atoms with E-state index in [1.165, 1.54) is 24.0 Å². The minimum atomic E-state index is 0.185. The minimum absolute atomic E-state index is 0.185. The molecule has 0 spiro atoms. The van der Waals surface area contributed by atoms with Gasteiger partial charge in [-0.25, -0.2) is 0 Å². The molecular weight excluding hydrogens is 248 g/mol. The van der Waals surface area contributed by atoms with Crippen LogP contribution in [0.5, 0.6) is 0 Å². The van der Waals surface area contributed by atoms with Crippen LogP contribution in [0.3, 0.4) is 0 Å². The van der Waals surface area contributed by atoms with E-state index in [2.05, 4.69) is 32.0 Å². The van der Waals surface area contributed by atoms with Gasteiger partial charge in [0, 0.05) is 19.1 Å². The van der Waals surface area contributed by atoms with E-state index in [1.54, 1.807) is 0 Å². The standard InChI is InChI=1S/C17H24N2O/c1-11-3-4-12(2)14(7-11)8-17(20)19-9-15(13-5-6-13)16(18)10-19/h3-4,7,13,15-16H,5-6,8-10,18H2,1-2H3. The van der Waals surface area contributed by atoms with Gasteiger partial charge in [0.1, 0.15) is 0 Å². The highest BCUT2D eigenvalue weighted by atomic mass is 16.2. The van der Waals surface area contributed by atoms with Gasteiger partial charge in [-0.1, -0.05) is 23.8 Å². The van der Waals surface area contributed by atoms with Crippen molar-refractivity contribution in [3.8, 4) is 0 Å². The van der Waals surface area contributed by atoms with Crippen LogP contribution in [0.25, 0.3) is 0 Å². The van der Waals surface area contributed by atoms with Gasteiger partial charge >= 0.3 is 0 Å². The second-order valence-electron chi connectivity index (χ2n) is 6.57. The van der Waals surface area contributed by atoms with Crippen LogP contribution >= 0.6 is 0 Å². The second-order valence-corrected chi connectivity index (χ2v) is 6.57. The predicted molar refractivity (Wildman–Crippen MR) is 80.4 cm³/mol. The van der Waals surface area contributed by atoms with Crippen molar-refractivity contribution in [2.75, 3.05) is 13.1 Å². The van der Waals surface area contributed by atoms with Gasteiger partial charge in [-0.15, -0.1) is 0 Å². The first-order chi connectivity index (χ1) is 9.54. The zero-order valence-corrected chi connectivity index (χ0v) is 12.4. The Kier molecular flexibility index (Phi) is 3.55. The van der Waals surface area contributed by atoms with Gasteiger partial charge < -0.3 is 10.6 Å². The fourth-order valence-corrected chi connectivity index (χ4v) is 3.35. The summed E-state index contributed by atoms with van der Waals surface area (Å²) in [6.07, 6.45) is 3.12. The summed E-state index contributed by atoms with van der Waals surface area (Å²) < 4.78 is 0. The van der Waals surface area contributed by atoms with Gasteiger partial charge in [-0.2, -0.15) is 0 Å². The summed E-state index contributed by atoms with van der Waals surface area (Å²) in [5.74, 6) is 1.55.